The third kappa shape index (κ3) is 4.69. The van der Waals surface area contributed by atoms with Crippen molar-refractivity contribution < 1.29 is 4.79 Å². The maximum atomic E-state index is 11.8. The van der Waals surface area contributed by atoms with E-state index < -0.39 is 0 Å². The van der Waals surface area contributed by atoms with Gasteiger partial charge in [0.15, 0.2) is 0 Å². The molecule has 98 valence electrons. The fourth-order valence-electron chi connectivity index (χ4n) is 2.23. The lowest BCUT2D eigenvalue weighted by Crippen LogP contribution is -2.36. The van der Waals surface area contributed by atoms with E-state index in [1.165, 1.54) is 19.3 Å². The predicted octanol–water partition coefficient (Wildman–Crippen LogP) is 3.01. The molecular weight excluding hydrogens is 244 g/mol. The Labute approximate surface area is 113 Å². The lowest BCUT2D eigenvalue weighted by atomic mass is 9.95. The Balaban J connectivity index is 1.62. The van der Waals surface area contributed by atoms with E-state index in [0.717, 1.165) is 23.6 Å². The van der Waals surface area contributed by atoms with Gasteiger partial charge in [-0.05, 0) is 25.0 Å². The van der Waals surface area contributed by atoms with Gasteiger partial charge in [0.2, 0.25) is 5.91 Å². The minimum Gasteiger partial charge on any atom is -0.353 e. The standard InChI is InChI=1S/C14H20N2OS/c17-13(16-12-6-2-1-3-7-12)9-11-18-14-8-4-5-10-15-14/h4-5,8,10,12H,1-3,6-7,9,11H2,(H,16,17). The summed E-state index contributed by atoms with van der Waals surface area (Å²) in [5.41, 5.74) is 0. The number of carbonyl (C=O) groups excluding carboxylic acids is 1. The first-order valence-corrected chi connectivity index (χ1v) is 7.66. The van der Waals surface area contributed by atoms with Crippen molar-refractivity contribution in [3.05, 3.63) is 24.4 Å². The van der Waals surface area contributed by atoms with Crippen LogP contribution in [0.25, 0.3) is 0 Å². The summed E-state index contributed by atoms with van der Waals surface area (Å²) in [5, 5.41) is 4.12. The molecule has 1 N–H and O–H groups in total. The van der Waals surface area contributed by atoms with Crippen LogP contribution in [-0.4, -0.2) is 22.7 Å². The maximum absolute atomic E-state index is 11.8. The first kappa shape index (κ1) is 13.4. The largest absolute Gasteiger partial charge is 0.353 e. The van der Waals surface area contributed by atoms with Crippen LogP contribution in [0.5, 0.6) is 0 Å². The van der Waals surface area contributed by atoms with Crippen molar-refractivity contribution in [3.63, 3.8) is 0 Å². The van der Waals surface area contributed by atoms with Gasteiger partial charge in [0.05, 0.1) is 5.03 Å². The predicted molar refractivity (Wildman–Crippen MR) is 74.6 cm³/mol. The molecule has 1 aliphatic rings. The molecule has 1 fully saturated rings. The highest BCUT2D eigenvalue weighted by Crippen LogP contribution is 2.18. The van der Waals surface area contributed by atoms with Gasteiger partial charge in [0.25, 0.3) is 0 Å². The average Bonchev–Trinajstić information content (AvgIpc) is 2.41. The summed E-state index contributed by atoms with van der Waals surface area (Å²) in [6, 6.07) is 6.27. The summed E-state index contributed by atoms with van der Waals surface area (Å²) in [6.45, 7) is 0. The molecule has 2 rings (SSSR count). The van der Waals surface area contributed by atoms with E-state index in [2.05, 4.69) is 10.3 Å². The number of nitrogens with zero attached hydrogens (tertiary/aromatic N) is 1. The molecule has 4 heteroatoms. The van der Waals surface area contributed by atoms with Crippen molar-refractivity contribution in [1.82, 2.24) is 10.3 Å². The molecule has 1 amide bonds. The molecular formula is C14H20N2OS. The third-order valence-corrected chi connectivity index (χ3v) is 4.13. The van der Waals surface area contributed by atoms with Crippen LogP contribution >= 0.6 is 11.8 Å². The molecule has 0 bridgehead atoms. The second-order valence-corrected chi connectivity index (χ2v) is 5.78. The number of aromatic nitrogens is 1. The number of rotatable bonds is 5. The minimum absolute atomic E-state index is 0.185. The van der Waals surface area contributed by atoms with Crippen LogP contribution in [0.3, 0.4) is 0 Å². The number of hydrogen-bond acceptors (Lipinski definition) is 3. The molecule has 3 nitrogen and oxygen atoms in total. The number of amides is 1. The normalized spacial score (nSPS) is 16.4. The number of hydrogen-bond donors (Lipinski definition) is 1. The average molecular weight is 264 g/mol. The topological polar surface area (TPSA) is 42.0 Å². The first-order valence-electron chi connectivity index (χ1n) is 6.68. The Morgan fingerprint density at radius 2 is 2.17 bits per heavy atom. The molecule has 1 aliphatic carbocycles. The number of nitrogens with one attached hydrogen (secondary N) is 1. The van der Waals surface area contributed by atoms with Gasteiger partial charge in [0.1, 0.15) is 0 Å². The zero-order chi connectivity index (χ0) is 12.6. The summed E-state index contributed by atoms with van der Waals surface area (Å²) in [6.07, 6.45) is 8.50. The van der Waals surface area contributed by atoms with Crippen molar-refractivity contribution in [1.29, 1.82) is 0 Å². The highest BCUT2D eigenvalue weighted by atomic mass is 32.2. The molecule has 1 aromatic rings. The molecule has 1 saturated carbocycles. The Bertz CT molecular complexity index is 363. The fraction of sp³-hybridized carbons (Fsp3) is 0.571. The van der Waals surface area contributed by atoms with E-state index in [1.54, 1.807) is 18.0 Å². The van der Waals surface area contributed by atoms with Crippen LogP contribution in [0.15, 0.2) is 29.4 Å². The fourth-order valence-corrected chi connectivity index (χ4v) is 3.03. The monoisotopic (exact) mass is 264 g/mol. The molecule has 0 saturated heterocycles. The van der Waals surface area contributed by atoms with E-state index in [0.29, 0.717) is 12.5 Å². The van der Waals surface area contributed by atoms with Crippen LogP contribution in [0.2, 0.25) is 0 Å². The minimum atomic E-state index is 0.185. The highest BCUT2D eigenvalue weighted by Gasteiger charge is 2.15. The summed E-state index contributed by atoms with van der Waals surface area (Å²) >= 11 is 1.64. The SMILES string of the molecule is O=C(CCSc1ccccn1)NC1CCCCC1. The van der Waals surface area contributed by atoms with Crippen molar-refractivity contribution >= 4 is 17.7 Å². The summed E-state index contributed by atoms with van der Waals surface area (Å²) < 4.78 is 0. The second kappa shape index (κ2) is 7.41. The van der Waals surface area contributed by atoms with E-state index in [1.807, 2.05) is 18.2 Å². The van der Waals surface area contributed by atoms with Crippen molar-refractivity contribution in [2.45, 2.75) is 49.6 Å². The molecule has 0 atom stereocenters. The van der Waals surface area contributed by atoms with Gasteiger partial charge in [-0.3, -0.25) is 4.79 Å². The molecule has 18 heavy (non-hydrogen) atoms. The van der Waals surface area contributed by atoms with Crippen LogP contribution in [0, 0.1) is 0 Å². The highest BCUT2D eigenvalue weighted by molar-refractivity contribution is 7.99. The van der Waals surface area contributed by atoms with E-state index >= 15 is 0 Å². The zero-order valence-corrected chi connectivity index (χ0v) is 11.4. The quantitative estimate of drug-likeness (QED) is 0.831. The Kier molecular flexibility index (Phi) is 5.52. The molecule has 0 aromatic carbocycles. The van der Waals surface area contributed by atoms with Gasteiger partial charge in [-0.25, -0.2) is 4.98 Å². The van der Waals surface area contributed by atoms with E-state index in [-0.39, 0.29) is 5.91 Å². The van der Waals surface area contributed by atoms with Gasteiger partial charge in [-0.15, -0.1) is 11.8 Å². The summed E-state index contributed by atoms with van der Waals surface area (Å²) in [4.78, 5) is 16.0. The van der Waals surface area contributed by atoms with Gasteiger partial charge >= 0.3 is 0 Å². The van der Waals surface area contributed by atoms with Crippen molar-refractivity contribution in [2.24, 2.45) is 0 Å². The van der Waals surface area contributed by atoms with Crippen LogP contribution in [0.1, 0.15) is 38.5 Å². The molecule has 1 aromatic heterocycles. The first-order chi connectivity index (χ1) is 8.84. The summed E-state index contributed by atoms with van der Waals surface area (Å²) in [5.74, 6) is 0.987. The lowest BCUT2D eigenvalue weighted by Gasteiger charge is -2.22. The van der Waals surface area contributed by atoms with Gasteiger partial charge in [0, 0.05) is 24.4 Å². The molecule has 0 unspecified atom stereocenters. The maximum Gasteiger partial charge on any atom is 0.221 e. The number of carbonyl (C=O) groups is 1. The Morgan fingerprint density at radius 3 is 2.89 bits per heavy atom. The molecule has 0 radical (unpaired) electrons. The Hall–Kier alpha value is -1.03. The third-order valence-electron chi connectivity index (χ3n) is 3.19. The van der Waals surface area contributed by atoms with Crippen LogP contribution in [-0.2, 0) is 4.79 Å². The zero-order valence-electron chi connectivity index (χ0n) is 10.6. The van der Waals surface area contributed by atoms with Crippen LogP contribution in [0.4, 0.5) is 0 Å². The Morgan fingerprint density at radius 1 is 1.33 bits per heavy atom. The smallest absolute Gasteiger partial charge is 0.221 e. The van der Waals surface area contributed by atoms with Crippen molar-refractivity contribution in [2.75, 3.05) is 5.75 Å². The van der Waals surface area contributed by atoms with Crippen molar-refractivity contribution in [3.8, 4) is 0 Å². The molecule has 0 spiro atoms. The van der Waals surface area contributed by atoms with E-state index in [9.17, 15) is 4.79 Å². The van der Waals surface area contributed by atoms with E-state index in [4.69, 9.17) is 0 Å². The second-order valence-electron chi connectivity index (χ2n) is 4.67. The van der Waals surface area contributed by atoms with Gasteiger partial charge in [-0.2, -0.15) is 0 Å². The number of pyridine rings is 1. The van der Waals surface area contributed by atoms with Gasteiger partial charge < -0.3 is 5.32 Å². The number of thioether (sulfide) groups is 1. The van der Waals surface area contributed by atoms with Gasteiger partial charge in [-0.1, -0.05) is 25.3 Å². The van der Waals surface area contributed by atoms with Crippen LogP contribution < -0.4 is 5.32 Å². The molecule has 0 aliphatic heterocycles. The lowest BCUT2D eigenvalue weighted by molar-refractivity contribution is -0.121. The summed E-state index contributed by atoms with van der Waals surface area (Å²) in [7, 11) is 0. The molecule has 1 heterocycles.